The Bertz CT molecular complexity index is 381. The van der Waals surface area contributed by atoms with E-state index in [9.17, 15) is 9.59 Å². The summed E-state index contributed by atoms with van der Waals surface area (Å²) < 4.78 is 9.71. The summed E-state index contributed by atoms with van der Waals surface area (Å²) in [5.41, 5.74) is 8.41. The number of nitrogens with zero attached hydrogens (tertiary/aromatic N) is 4. The predicted molar refractivity (Wildman–Crippen MR) is 66.3 cm³/mol. The van der Waals surface area contributed by atoms with Crippen molar-refractivity contribution >= 4 is 12.1 Å². The van der Waals surface area contributed by atoms with E-state index in [0.29, 0.717) is 6.61 Å². The van der Waals surface area contributed by atoms with Gasteiger partial charge in [-0.05, 0) is 18.4 Å². The maximum Gasteiger partial charge on any atom is 0.410 e. The van der Waals surface area contributed by atoms with E-state index in [4.69, 9.17) is 10.3 Å². The minimum atomic E-state index is -0.741. The van der Waals surface area contributed by atoms with Crippen molar-refractivity contribution in [3.05, 3.63) is 10.4 Å². The number of carbonyl (C=O) groups excluding carboxylic acids is 2. The lowest BCUT2D eigenvalue weighted by atomic mass is 10.2. The van der Waals surface area contributed by atoms with Crippen molar-refractivity contribution in [2.75, 3.05) is 20.3 Å². The maximum atomic E-state index is 11.9. The molecule has 0 aromatic carbocycles. The van der Waals surface area contributed by atoms with Crippen LogP contribution in [0.15, 0.2) is 5.11 Å². The molecule has 0 bridgehead atoms. The number of methoxy groups -OCH3 is 1. The van der Waals surface area contributed by atoms with Gasteiger partial charge in [0.25, 0.3) is 0 Å². The van der Waals surface area contributed by atoms with Crippen LogP contribution >= 0.6 is 0 Å². The highest BCUT2D eigenvalue weighted by Crippen LogP contribution is 2.22. The number of hydrogen-bond donors (Lipinski definition) is 0. The van der Waals surface area contributed by atoms with E-state index in [0.717, 1.165) is 12.8 Å². The standard InChI is InChI=1S/C11H18N4O4/c1-3-4-5-19-11(17)15-7-8(13-14-12)6-9(15)10(16)18-2/h8-9H,3-7H2,1-2H3/t8-,9-/m0/s1. The molecule has 19 heavy (non-hydrogen) atoms. The van der Waals surface area contributed by atoms with Crippen LogP contribution in [-0.4, -0.2) is 49.3 Å². The minimum Gasteiger partial charge on any atom is -0.467 e. The van der Waals surface area contributed by atoms with Crippen LogP contribution in [0.3, 0.4) is 0 Å². The molecule has 1 aliphatic rings. The first-order chi connectivity index (χ1) is 9.13. The minimum absolute atomic E-state index is 0.175. The van der Waals surface area contributed by atoms with Gasteiger partial charge < -0.3 is 9.47 Å². The molecule has 0 aromatic heterocycles. The second-order valence-electron chi connectivity index (χ2n) is 4.25. The highest BCUT2D eigenvalue weighted by atomic mass is 16.6. The van der Waals surface area contributed by atoms with Crippen LogP contribution in [0.5, 0.6) is 0 Å². The van der Waals surface area contributed by atoms with E-state index in [2.05, 4.69) is 14.8 Å². The Morgan fingerprint density at radius 2 is 2.26 bits per heavy atom. The first-order valence-corrected chi connectivity index (χ1v) is 6.19. The second-order valence-corrected chi connectivity index (χ2v) is 4.25. The number of azide groups is 1. The first-order valence-electron chi connectivity index (χ1n) is 6.19. The summed E-state index contributed by atoms with van der Waals surface area (Å²) in [6.45, 7) is 2.47. The van der Waals surface area contributed by atoms with Gasteiger partial charge in [-0.2, -0.15) is 0 Å². The third-order valence-corrected chi connectivity index (χ3v) is 2.93. The fraction of sp³-hybridized carbons (Fsp3) is 0.818. The van der Waals surface area contributed by atoms with E-state index in [1.807, 2.05) is 6.92 Å². The summed E-state index contributed by atoms with van der Waals surface area (Å²) in [6, 6.07) is -1.16. The molecule has 1 aliphatic heterocycles. The Labute approximate surface area is 111 Å². The number of esters is 1. The molecule has 0 spiro atoms. The monoisotopic (exact) mass is 270 g/mol. The van der Waals surface area contributed by atoms with Crippen LogP contribution < -0.4 is 0 Å². The zero-order valence-corrected chi connectivity index (χ0v) is 11.1. The van der Waals surface area contributed by atoms with E-state index in [1.54, 1.807) is 0 Å². The summed E-state index contributed by atoms with van der Waals surface area (Å²) >= 11 is 0. The van der Waals surface area contributed by atoms with Crippen molar-refractivity contribution in [3.8, 4) is 0 Å². The van der Waals surface area contributed by atoms with Gasteiger partial charge in [-0.15, -0.1) is 0 Å². The Hall–Kier alpha value is -1.95. The zero-order valence-electron chi connectivity index (χ0n) is 11.1. The van der Waals surface area contributed by atoms with Crippen molar-refractivity contribution in [2.45, 2.75) is 38.3 Å². The number of ether oxygens (including phenoxy) is 2. The summed E-state index contributed by atoms with van der Waals surface area (Å²) in [6.07, 6.45) is 1.37. The molecule has 8 nitrogen and oxygen atoms in total. The van der Waals surface area contributed by atoms with Crippen molar-refractivity contribution in [1.29, 1.82) is 0 Å². The molecule has 0 unspecified atom stereocenters. The van der Waals surface area contributed by atoms with Crippen LogP contribution in [-0.2, 0) is 14.3 Å². The zero-order chi connectivity index (χ0) is 14.3. The number of carbonyl (C=O) groups is 2. The fourth-order valence-corrected chi connectivity index (χ4v) is 1.92. The van der Waals surface area contributed by atoms with Gasteiger partial charge in [-0.1, -0.05) is 18.5 Å². The van der Waals surface area contributed by atoms with E-state index in [-0.39, 0.29) is 13.0 Å². The quantitative estimate of drug-likeness (QED) is 0.250. The van der Waals surface area contributed by atoms with Crippen molar-refractivity contribution in [2.24, 2.45) is 5.11 Å². The first kappa shape index (κ1) is 15.1. The second kappa shape index (κ2) is 7.48. The van der Waals surface area contributed by atoms with E-state index in [1.165, 1.54) is 12.0 Å². The molecule has 0 saturated carbocycles. The molecule has 1 amide bonds. The Kier molecular flexibility index (Phi) is 5.95. The van der Waals surface area contributed by atoms with Gasteiger partial charge in [0.2, 0.25) is 0 Å². The molecule has 0 N–H and O–H groups in total. The third-order valence-electron chi connectivity index (χ3n) is 2.93. The summed E-state index contributed by atoms with van der Waals surface area (Å²) in [7, 11) is 1.25. The lowest BCUT2D eigenvalue weighted by molar-refractivity contribution is -0.145. The molecule has 2 atom stereocenters. The number of unbranched alkanes of at least 4 members (excludes halogenated alkanes) is 1. The third kappa shape index (κ3) is 4.03. The number of hydrogen-bond acceptors (Lipinski definition) is 5. The lowest BCUT2D eigenvalue weighted by Gasteiger charge is -2.21. The van der Waals surface area contributed by atoms with Gasteiger partial charge in [-0.25, -0.2) is 9.59 Å². The molecular formula is C11H18N4O4. The molecule has 106 valence electrons. The van der Waals surface area contributed by atoms with Crippen LogP contribution in [0, 0.1) is 0 Å². The summed E-state index contributed by atoms with van der Waals surface area (Å²) in [5, 5.41) is 3.54. The molecule has 1 fully saturated rings. The van der Waals surface area contributed by atoms with E-state index >= 15 is 0 Å². The highest BCUT2D eigenvalue weighted by molar-refractivity contribution is 5.82. The van der Waals surface area contributed by atoms with Crippen molar-refractivity contribution < 1.29 is 19.1 Å². The Morgan fingerprint density at radius 1 is 1.53 bits per heavy atom. The van der Waals surface area contributed by atoms with Crippen molar-refractivity contribution in [3.63, 3.8) is 0 Å². The predicted octanol–water partition coefficient (Wildman–Crippen LogP) is 1.85. The van der Waals surface area contributed by atoms with Crippen LogP contribution in [0.1, 0.15) is 26.2 Å². The molecule has 0 aromatic rings. The average Bonchev–Trinajstić information content (AvgIpc) is 2.82. The van der Waals surface area contributed by atoms with E-state index < -0.39 is 24.1 Å². The average molecular weight is 270 g/mol. The number of rotatable bonds is 5. The van der Waals surface area contributed by atoms with Crippen LogP contribution in [0.4, 0.5) is 4.79 Å². The van der Waals surface area contributed by atoms with Gasteiger partial charge in [0.05, 0.1) is 19.8 Å². The smallest absolute Gasteiger partial charge is 0.410 e. The SMILES string of the molecule is CCCCOC(=O)N1C[C@@H](N=[N+]=[N-])C[C@H]1C(=O)OC. The molecule has 1 rings (SSSR count). The molecular weight excluding hydrogens is 252 g/mol. The Balaban J connectivity index is 2.68. The normalized spacial score (nSPS) is 21.7. The van der Waals surface area contributed by atoms with Gasteiger partial charge in [0.15, 0.2) is 0 Å². The number of likely N-dealkylation sites (tertiary alicyclic amines) is 1. The molecule has 1 saturated heterocycles. The lowest BCUT2D eigenvalue weighted by Crippen LogP contribution is -2.41. The van der Waals surface area contributed by atoms with Gasteiger partial charge >= 0.3 is 12.1 Å². The topological polar surface area (TPSA) is 105 Å². The molecule has 0 aliphatic carbocycles. The van der Waals surface area contributed by atoms with Gasteiger partial charge in [0.1, 0.15) is 6.04 Å². The molecule has 1 heterocycles. The van der Waals surface area contributed by atoms with Gasteiger partial charge in [0, 0.05) is 11.5 Å². The van der Waals surface area contributed by atoms with Gasteiger partial charge in [-0.3, -0.25) is 4.90 Å². The highest BCUT2D eigenvalue weighted by Gasteiger charge is 2.40. The maximum absolute atomic E-state index is 11.9. The Morgan fingerprint density at radius 3 is 2.84 bits per heavy atom. The molecule has 0 radical (unpaired) electrons. The largest absolute Gasteiger partial charge is 0.467 e. The summed E-state index contributed by atoms with van der Waals surface area (Å²) in [4.78, 5) is 27.4. The van der Waals surface area contributed by atoms with Crippen LogP contribution in [0.2, 0.25) is 0 Å². The molecule has 8 heteroatoms. The van der Waals surface area contributed by atoms with Crippen molar-refractivity contribution in [1.82, 2.24) is 4.90 Å². The fourth-order valence-electron chi connectivity index (χ4n) is 1.92. The summed E-state index contributed by atoms with van der Waals surface area (Å²) in [5.74, 6) is -0.525. The number of amides is 1. The van der Waals surface area contributed by atoms with Crippen LogP contribution in [0.25, 0.3) is 10.4 Å².